The van der Waals surface area contributed by atoms with Crippen molar-refractivity contribution in [2.24, 2.45) is 16.0 Å². The highest BCUT2D eigenvalue weighted by Crippen LogP contribution is 2.27. The van der Waals surface area contributed by atoms with Crippen molar-refractivity contribution >= 4 is 29.0 Å². The van der Waals surface area contributed by atoms with Crippen molar-refractivity contribution in [3.8, 4) is 0 Å². The van der Waals surface area contributed by atoms with Gasteiger partial charge in [0.05, 0.1) is 30.5 Å². The third-order valence-corrected chi connectivity index (χ3v) is 3.57. The van der Waals surface area contributed by atoms with Gasteiger partial charge in [-0.3, -0.25) is 14.6 Å². The zero-order valence-corrected chi connectivity index (χ0v) is 15.0. The van der Waals surface area contributed by atoms with E-state index in [1.54, 1.807) is 6.92 Å². The summed E-state index contributed by atoms with van der Waals surface area (Å²) >= 11 is 0. The first kappa shape index (κ1) is 18.8. The molecule has 1 atom stereocenters. The van der Waals surface area contributed by atoms with Crippen LogP contribution in [0.2, 0.25) is 0 Å². The monoisotopic (exact) mass is 347 g/mol. The molecule has 6 nitrogen and oxygen atoms in total. The number of halogens is 1. The summed E-state index contributed by atoms with van der Waals surface area (Å²) in [5.74, 6) is -1.95. The molecule has 0 saturated heterocycles. The van der Waals surface area contributed by atoms with Gasteiger partial charge in [0.15, 0.2) is 0 Å². The van der Waals surface area contributed by atoms with Gasteiger partial charge in [0.25, 0.3) is 5.91 Å². The fraction of sp³-hybridized carbons (Fsp3) is 0.444. The summed E-state index contributed by atoms with van der Waals surface area (Å²) in [4.78, 5) is 29.1. The van der Waals surface area contributed by atoms with E-state index in [1.165, 1.54) is 36.4 Å². The van der Waals surface area contributed by atoms with E-state index in [0.717, 1.165) is 0 Å². The van der Waals surface area contributed by atoms with Crippen molar-refractivity contribution in [2.45, 2.75) is 39.7 Å². The predicted molar refractivity (Wildman–Crippen MR) is 94.3 cm³/mol. The van der Waals surface area contributed by atoms with Crippen LogP contribution in [-0.4, -0.2) is 35.9 Å². The summed E-state index contributed by atoms with van der Waals surface area (Å²) in [6, 6.07) is 5.43. The molecule has 0 bridgehead atoms. The highest BCUT2D eigenvalue weighted by molar-refractivity contribution is 6.30. The molecule has 25 heavy (non-hydrogen) atoms. The molecule has 1 unspecified atom stereocenters. The summed E-state index contributed by atoms with van der Waals surface area (Å²) in [6.45, 7) is 7.51. The fourth-order valence-electron chi connectivity index (χ4n) is 2.64. The van der Waals surface area contributed by atoms with Gasteiger partial charge in [0, 0.05) is 5.71 Å². The number of carbonyl (C=O) groups is 2. The minimum Gasteiger partial charge on any atom is -0.469 e. The van der Waals surface area contributed by atoms with Crippen molar-refractivity contribution in [3.05, 3.63) is 30.1 Å². The molecule has 0 N–H and O–H groups in total. The number of ether oxygens (including phenoxy) is 1. The van der Waals surface area contributed by atoms with Crippen LogP contribution < -0.4 is 5.01 Å². The Morgan fingerprint density at radius 3 is 2.44 bits per heavy atom. The van der Waals surface area contributed by atoms with E-state index in [-0.39, 0.29) is 17.9 Å². The number of esters is 1. The molecule has 134 valence electrons. The van der Waals surface area contributed by atoms with Crippen molar-refractivity contribution < 1.29 is 18.7 Å². The summed E-state index contributed by atoms with van der Waals surface area (Å²) in [7, 11) is 1.28. The standard InChI is InChI=1S/C18H22FN3O3/c1-11(20-18(2,3)4)16-14(10-15(23)25-5)21-22(17(16)24)13-8-6-12(19)7-9-13/h6-9,16H,10H2,1-5H3. The van der Waals surface area contributed by atoms with Gasteiger partial charge in [0.1, 0.15) is 11.7 Å². The SMILES string of the molecule is COC(=O)CC1=NN(c2ccc(F)cc2)C(=O)C1C(C)=NC(C)(C)C. The Kier molecular flexibility index (Phi) is 5.35. The summed E-state index contributed by atoms with van der Waals surface area (Å²) in [5, 5.41) is 5.47. The van der Waals surface area contributed by atoms with Gasteiger partial charge >= 0.3 is 5.97 Å². The average molecular weight is 347 g/mol. The summed E-state index contributed by atoms with van der Waals surface area (Å²) in [6.07, 6.45) is -0.110. The number of amides is 1. The van der Waals surface area contributed by atoms with E-state index in [1.807, 2.05) is 20.8 Å². The van der Waals surface area contributed by atoms with Gasteiger partial charge in [-0.25, -0.2) is 4.39 Å². The molecule has 0 spiro atoms. The number of aliphatic imine (C=N–C) groups is 1. The molecule has 7 heteroatoms. The van der Waals surface area contributed by atoms with Gasteiger partial charge < -0.3 is 4.74 Å². The minimum atomic E-state index is -0.733. The summed E-state index contributed by atoms with van der Waals surface area (Å²) in [5.41, 5.74) is 1.00. The van der Waals surface area contributed by atoms with Crippen LogP contribution in [0.1, 0.15) is 34.1 Å². The second kappa shape index (κ2) is 7.13. The number of anilines is 1. The fourth-order valence-corrected chi connectivity index (χ4v) is 2.64. The van der Waals surface area contributed by atoms with Crippen LogP contribution in [0.4, 0.5) is 10.1 Å². The maximum absolute atomic E-state index is 13.1. The Labute approximate surface area is 146 Å². The quantitative estimate of drug-likeness (QED) is 0.621. The number of hydrazone groups is 1. The van der Waals surface area contributed by atoms with E-state index >= 15 is 0 Å². The molecular weight excluding hydrogens is 325 g/mol. The lowest BCUT2D eigenvalue weighted by atomic mass is 9.95. The highest BCUT2D eigenvalue weighted by atomic mass is 19.1. The molecule has 1 aliphatic rings. The maximum atomic E-state index is 13.1. The van der Waals surface area contributed by atoms with Gasteiger partial charge in [-0.1, -0.05) is 0 Å². The first-order valence-corrected chi connectivity index (χ1v) is 7.92. The molecule has 1 heterocycles. The molecule has 1 amide bonds. The van der Waals surface area contributed by atoms with Crippen molar-refractivity contribution in [2.75, 3.05) is 12.1 Å². The number of hydrogen-bond acceptors (Lipinski definition) is 5. The van der Waals surface area contributed by atoms with Gasteiger partial charge in [-0.2, -0.15) is 10.1 Å². The topological polar surface area (TPSA) is 71.3 Å². The largest absolute Gasteiger partial charge is 0.469 e. The normalized spacial score (nSPS) is 18.4. The molecular formula is C18H22FN3O3. The van der Waals surface area contributed by atoms with Crippen LogP contribution in [-0.2, 0) is 14.3 Å². The van der Waals surface area contributed by atoms with Crippen LogP contribution in [0.5, 0.6) is 0 Å². The molecule has 1 aromatic carbocycles. The smallest absolute Gasteiger partial charge is 0.311 e. The van der Waals surface area contributed by atoms with E-state index in [2.05, 4.69) is 10.1 Å². The Morgan fingerprint density at radius 2 is 1.92 bits per heavy atom. The minimum absolute atomic E-state index is 0.110. The summed E-state index contributed by atoms with van der Waals surface area (Å²) < 4.78 is 17.8. The lowest BCUT2D eigenvalue weighted by molar-refractivity contribution is -0.139. The third kappa shape index (κ3) is 4.49. The maximum Gasteiger partial charge on any atom is 0.311 e. The lowest BCUT2D eigenvalue weighted by Crippen LogP contribution is -2.34. The van der Waals surface area contributed by atoms with Gasteiger partial charge in [-0.15, -0.1) is 0 Å². The van der Waals surface area contributed by atoms with Gasteiger partial charge in [-0.05, 0) is 52.0 Å². The second-order valence-corrected chi connectivity index (χ2v) is 6.83. The average Bonchev–Trinajstić information content (AvgIpc) is 2.82. The number of rotatable bonds is 4. The van der Waals surface area contributed by atoms with Crippen LogP contribution >= 0.6 is 0 Å². The van der Waals surface area contributed by atoms with E-state index in [4.69, 9.17) is 4.74 Å². The molecule has 0 saturated carbocycles. The number of nitrogens with zero attached hydrogens (tertiary/aromatic N) is 3. The number of carbonyl (C=O) groups excluding carboxylic acids is 2. The van der Waals surface area contributed by atoms with E-state index in [0.29, 0.717) is 17.1 Å². The molecule has 0 aliphatic carbocycles. The predicted octanol–water partition coefficient (Wildman–Crippen LogP) is 2.97. The lowest BCUT2D eigenvalue weighted by Gasteiger charge is -2.18. The van der Waals surface area contributed by atoms with Crippen molar-refractivity contribution in [1.29, 1.82) is 0 Å². The van der Waals surface area contributed by atoms with Crippen LogP contribution in [0, 0.1) is 11.7 Å². The molecule has 2 rings (SSSR count). The Balaban J connectivity index is 2.42. The van der Waals surface area contributed by atoms with Gasteiger partial charge in [0.2, 0.25) is 0 Å². The highest BCUT2D eigenvalue weighted by Gasteiger charge is 2.40. The molecule has 1 aliphatic heterocycles. The molecule has 0 radical (unpaired) electrons. The Morgan fingerprint density at radius 1 is 1.32 bits per heavy atom. The van der Waals surface area contributed by atoms with Crippen LogP contribution in [0.25, 0.3) is 0 Å². The zero-order valence-electron chi connectivity index (χ0n) is 15.0. The zero-order chi connectivity index (χ0) is 18.8. The van der Waals surface area contributed by atoms with Crippen molar-refractivity contribution in [3.63, 3.8) is 0 Å². The second-order valence-electron chi connectivity index (χ2n) is 6.83. The number of methoxy groups -OCH3 is 1. The molecule has 0 aromatic heterocycles. The van der Waals surface area contributed by atoms with Crippen LogP contribution in [0.3, 0.4) is 0 Å². The van der Waals surface area contributed by atoms with E-state index in [9.17, 15) is 14.0 Å². The number of benzene rings is 1. The van der Waals surface area contributed by atoms with Crippen molar-refractivity contribution in [1.82, 2.24) is 0 Å². The Bertz CT molecular complexity index is 733. The molecule has 1 aromatic rings. The van der Waals surface area contributed by atoms with E-state index < -0.39 is 17.7 Å². The third-order valence-electron chi connectivity index (χ3n) is 3.57. The van der Waals surface area contributed by atoms with Crippen LogP contribution in [0.15, 0.2) is 34.4 Å². The molecule has 0 fully saturated rings. The first-order chi connectivity index (χ1) is 11.6. The Hall–Kier alpha value is -2.57. The number of hydrogen-bond donors (Lipinski definition) is 0. The first-order valence-electron chi connectivity index (χ1n) is 7.92.